The normalized spacial score (nSPS) is 22.6. The number of aromatic amines is 1. The molecule has 0 saturated heterocycles. The van der Waals surface area contributed by atoms with Gasteiger partial charge in [-0.25, -0.2) is 9.59 Å². The average Bonchev–Trinajstić information content (AvgIpc) is 2.99. The van der Waals surface area contributed by atoms with Crippen LogP contribution in [0.15, 0.2) is 30.5 Å². The average molecular weight is 358 g/mol. The summed E-state index contributed by atoms with van der Waals surface area (Å²) in [6.07, 6.45) is 4.91. The second-order valence-electron chi connectivity index (χ2n) is 7.51. The highest BCUT2D eigenvalue weighted by Crippen LogP contribution is 2.27. The maximum Gasteiger partial charge on any atom is 0.516 e. The summed E-state index contributed by atoms with van der Waals surface area (Å²) >= 11 is 0. The highest BCUT2D eigenvalue weighted by Gasteiger charge is 2.35. The quantitative estimate of drug-likeness (QED) is 0.642. The van der Waals surface area contributed by atoms with Gasteiger partial charge in [-0.15, -0.1) is 0 Å². The number of hydrogen-bond donors (Lipinski definition) is 2. The second-order valence-corrected chi connectivity index (χ2v) is 7.51. The van der Waals surface area contributed by atoms with E-state index in [0.29, 0.717) is 0 Å². The number of H-pyrrole nitrogens is 1. The van der Waals surface area contributed by atoms with Crippen molar-refractivity contribution >= 4 is 23.0 Å². The van der Waals surface area contributed by atoms with Crippen molar-refractivity contribution in [3.63, 3.8) is 0 Å². The zero-order chi connectivity index (χ0) is 18.7. The van der Waals surface area contributed by atoms with Crippen molar-refractivity contribution in [2.75, 3.05) is 0 Å². The van der Waals surface area contributed by atoms with Crippen molar-refractivity contribution in [2.45, 2.75) is 57.6 Å². The largest absolute Gasteiger partial charge is 0.516 e. The van der Waals surface area contributed by atoms with Crippen LogP contribution in [0.4, 0.5) is 4.79 Å². The van der Waals surface area contributed by atoms with Crippen LogP contribution in [0.1, 0.15) is 45.1 Å². The zero-order valence-corrected chi connectivity index (χ0v) is 15.3. The number of esters is 1. The lowest BCUT2D eigenvalue weighted by Crippen LogP contribution is -2.49. The Kier molecular flexibility index (Phi) is 5.32. The van der Waals surface area contributed by atoms with Gasteiger partial charge in [0.05, 0.1) is 0 Å². The van der Waals surface area contributed by atoms with Gasteiger partial charge < -0.3 is 20.2 Å². The summed E-state index contributed by atoms with van der Waals surface area (Å²) < 4.78 is 10.2. The third kappa shape index (κ3) is 4.07. The Balaban J connectivity index is 1.61. The molecule has 2 unspecified atom stereocenters. The first-order chi connectivity index (χ1) is 12.4. The Bertz CT molecular complexity index is 796. The van der Waals surface area contributed by atoms with E-state index in [9.17, 15) is 9.59 Å². The van der Waals surface area contributed by atoms with Gasteiger partial charge >= 0.3 is 12.1 Å². The predicted molar refractivity (Wildman–Crippen MR) is 98.6 cm³/mol. The van der Waals surface area contributed by atoms with Crippen molar-refractivity contribution in [3.8, 4) is 0 Å². The number of ether oxygens (including phenoxy) is 2. The molecule has 0 spiro atoms. The molecular weight excluding hydrogens is 332 g/mol. The lowest BCUT2D eigenvalue weighted by Gasteiger charge is -2.28. The van der Waals surface area contributed by atoms with Crippen LogP contribution in [0.3, 0.4) is 0 Å². The molecule has 3 N–H and O–H groups in total. The molecule has 0 bridgehead atoms. The first-order valence-corrected chi connectivity index (χ1v) is 9.13. The molecule has 3 atom stereocenters. The zero-order valence-electron chi connectivity index (χ0n) is 15.3. The maximum atomic E-state index is 12.4. The molecule has 6 nitrogen and oxygen atoms in total. The highest BCUT2D eigenvalue weighted by molar-refractivity contribution is 5.90. The highest BCUT2D eigenvalue weighted by atomic mass is 16.7. The van der Waals surface area contributed by atoms with Crippen LogP contribution in [0.5, 0.6) is 0 Å². The number of para-hydroxylation sites is 1. The molecule has 1 aromatic heterocycles. The number of benzene rings is 1. The Labute approximate surface area is 153 Å². The van der Waals surface area contributed by atoms with E-state index < -0.39 is 17.7 Å². The number of nitrogens with two attached hydrogens (primary N) is 1. The first kappa shape index (κ1) is 18.5. The van der Waals surface area contributed by atoms with Crippen LogP contribution < -0.4 is 5.73 Å². The molecule has 0 radical (unpaired) electrons. The fraction of sp³-hybridized carbons (Fsp3) is 0.500. The minimum atomic E-state index is -1.33. The number of rotatable bonds is 4. The van der Waals surface area contributed by atoms with Crippen LogP contribution in [0, 0.1) is 5.92 Å². The van der Waals surface area contributed by atoms with Gasteiger partial charge in [-0.2, -0.15) is 0 Å². The number of hydrogen-bond acceptors (Lipinski definition) is 5. The third-order valence-electron chi connectivity index (χ3n) is 5.16. The molecule has 1 heterocycles. The minimum absolute atomic E-state index is 0.193. The fourth-order valence-electron chi connectivity index (χ4n) is 3.54. The van der Waals surface area contributed by atoms with E-state index in [1.807, 2.05) is 37.4 Å². The molecule has 140 valence electrons. The number of carbonyl (C=O) groups excluding carboxylic acids is 2. The molecular formula is C20H26N2O4. The van der Waals surface area contributed by atoms with E-state index in [-0.39, 0.29) is 18.4 Å². The van der Waals surface area contributed by atoms with Gasteiger partial charge in [-0.3, -0.25) is 0 Å². The lowest BCUT2D eigenvalue weighted by molar-refractivity contribution is -0.146. The summed E-state index contributed by atoms with van der Waals surface area (Å²) in [6.45, 7) is 3.61. The smallest absolute Gasteiger partial charge is 0.430 e. The van der Waals surface area contributed by atoms with Crippen LogP contribution in [0.25, 0.3) is 10.9 Å². The van der Waals surface area contributed by atoms with Crippen LogP contribution in [-0.2, 0) is 20.7 Å². The maximum absolute atomic E-state index is 12.4. The minimum Gasteiger partial charge on any atom is -0.430 e. The van der Waals surface area contributed by atoms with Gasteiger partial charge in [0.15, 0.2) is 0 Å². The molecule has 1 aliphatic rings. The van der Waals surface area contributed by atoms with Crippen molar-refractivity contribution in [1.82, 2.24) is 4.98 Å². The molecule has 2 aromatic rings. The third-order valence-corrected chi connectivity index (χ3v) is 5.16. The van der Waals surface area contributed by atoms with Crippen LogP contribution in [0.2, 0.25) is 0 Å². The Morgan fingerprint density at radius 1 is 1.27 bits per heavy atom. The number of carbonyl (C=O) groups is 2. The van der Waals surface area contributed by atoms with Gasteiger partial charge in [-0.1, -0.05) is 31.5 Å². The summed E-state index contributed by atoms with van der Waals surface area (Å²) in [6, 6.07) is 7.77. The van der Waals surface area contributed by atoms with Crippen LogP contribution in [-0.4, -0.2) is 28.8 Å². The molecule has 0 amide bonds. The monoisotopic (exact) mass is 358 g/mol. The standard InChI is InChI=1S/C20H26N2O4/c1-13-7-3-6-10-17(13)25-19(24)26-18(23)20(2,21)11-14-12-22-16-9-5-4-8-15(14)16/h4-5,8-9,12-13,17,22H,3,6-7,10-11,21H2,1-2H3/t13?,17-,20?/m1/s1. The number of nitrogens with one attached hydrogen (secondary N) is 1. The van der Waals surface area contributed by atoms with Crippen LogP contribution >= 0.6 is 0 Å². The second kappa shape index (κ2) is 7.50. The van der Waals surface area contributed by atoms with E-state index >= 15 is 0 Å². The van der Waals surface area contributed by atoms with E-state index in [1.165, 1.54) is 0 Å². The molecule has 1 fully saturated rings. The molecule has 6 heteroatoms. The molecule has 1 aliphatic carbocycles. The lowest BCUT2D eigenvalue weighted by atomic mass is 9.88. The summed E-state index contributed by atoms with van der Waals surface area (Å²) in [7, 11) is 0. The van der Waals surface area contributed by atoms with E-state index in [2.05, 4.69) is 4.98 Å². The van der Waals surface area contributed by atoms with Crippen molar-refractivity contribution in [1.29, 1.82) is 0 Å². The molecule has 3 rings (SSSR count). The van der Waals surface area contributed by atoms with Gasteiger partial charge in [0.2, 0.25) is 0 Å². The van der Waals surface area contributed by atoms with Gasteiger partial charge in [-0.05, 0) is 43.7 Å². The van der Waals surface area contributed by atoms with Crippen molar-refractivity contribution in [2.24, 2.45) is 11.7 Å². The van der Waals surface area contributed by atoms with Gasteiger partial charge in [0.25, 0.3) is 0 Å². The topological polar surface area (TPSA) is 94.4 Å². The number of fused-ring (bicyclic) bond motifs is 1. The molecule has 0 aliphatic heterocycles. The first-order valence-electron chi connectivity index (χ1n) is 9.13. The fourth-order valence-corrected chi connectivity index (χ4v) is 3.54. The molecule has 1 saturated carbocycles. The van der Waals surface area contributed by atoms with Crippen molar-refractivity contribution in [3.05, 3.63) is 36.0 Å². The molecule has 1 aromatic carbocycles. The van der Waals surface area contributed by atoms with Crippen molar-refractivity contribution < 1.29 is 19.1 Å². The Hall–Kier alpha value is -2.34. The number of aromatic nitrogens is 1. The Morgan fingerprint density at radius 2 is 2.00 bits per heavy atom. The summed E-state index contributed by atoms with van der Waals surface area (Å²) in [5, 5.41) is 0.996. The van der Waals surface area contributed by atoms with E-state index in [1.54, 1.807) is 6.92 Å². The molecule has 26 heavy (non-hydrogen) atoms. The SMILES string of the molecule is CC1CCCC[C@H]1OC(=O)OC(=O)C(C)(N)Cc1c[nH]c2ccccc12. The summed E-state index contributed by atoms with van der Waals surface area (Å²) in [5.74, 6) is -0.502. The summed E-state index contributed by atoms with van der Waals surface area (Å²) in [5.41, 5.74) is 6.69. The predicted octanol–water partition coefficient (Wildman–Crippen LogP) is 3.69. The van der Waals surface area contributed by atoms with Gasteiger partial charge in [0.1, 0.15) is 11.6 Å². The Morgan fingerprint density at radius 3 is 2.77 bits per heavy atom. The van der Waals surface area contributed by atoms with E-state index in [0.717, 1.165) is 42.1 Å². The summed E-state index contributed by atoms with van der Waals surface area (Å²) in [4.78, 5) is 27.6. The van der Waals surface area contributed by atoms with Gasteiger partial charge in [0, 0.05) is 23.5 Å². The van der Waals surface area contributed by atoms with E-state index in [4.69, 9.17) is 15.2 Å².